The standard InChI is InChI=1S/C42H33O9S7.C4F9O6S3/c1-28(43)31-4-10-34(11-5-31)52-37-16-22-40(23-17-37)56(46,47)55(57(48,49)41-24-18-38(19-25-41)53-35-12-6-32(7-13-35)29(2)44)58(50,51)42-26-20-39(21-27-42)54-36-14-8-33(9-15-36)30(3)45;5-2(6,7)20(14,15)1(21(16,17)3(8,9)10)22(18,19)4(11,12)13/h4-27H,1-3H3;/q+1;-1. The van der Waals surface area contributed by atoms with Gasteiger partial charge in [-0.15, -0.1) is 0 Å². The van der Waals surface area contributed by atoms with Crippen molar-refractivity contribution in [2.24, 2.45) is 0 Å². The van der Waals surface area contributed by atoms with Gasteiger partial charge in [-0.3, -0.25) is 39.6 Å². The Hall–Kier alpha value is -5.20. The van der Waals surface area contributed by atoms with Crippen molar-refractivity contribution in [3.8, 4) is 0 Å². The van der Waals surface area contributed by atoms with Gasteiger partial charge >= 0.3 is 51.1 Å². The molecule has 0 atom stereocenters. The summed E-state index contributed by atoms with van der Waals surface area (Å²) in [6.45, 7) is 4.36. The van der Waals surface area contributed by atoms with Crippen molar-refractivity contribution in [1.82, 2.24) is 0 Å². The molecule has 430 valence electrons. The van der Waals surface area contributed by atoms with Crippen LogP contribution in [-0.4, -0.2) is 84.4 Å². The molecule has 0 fully saturated rings. The summed E-state index contributed by atoms with van der Waals surface area (Å²) in [5.41, 5.74) is -19.6. The van der Waals surface area contributed by atoms with Crippen LogP contribution in [0.25, 0.3) is 0 Å². The smallest absolute Gasteiger partial charge is 0.295 e. The number of Topliss-reactive ketones (excluding diaryl/α,β-unsaturated/α-hetero) is 3. The van der Waals surface area contributed by atoms with Gasteiger partial charge in [-0.25, -0.2) is 0 Å². The molecule has 15 nitrogen and oxygen atoms in total. The van der Waals surface area contributed by atoms with Gasteiger partial charge in [-0.2, -0.15) is 64.8 Å². The molecule has 0 aliphatic heterocycles. The molecular formula is C46H33F9O15S10. The molecule has 0 bridgehead atoms. The number of hydrogen-bond acceptors (Lipinski definition) is 18. The van der Waals surface area contributed by atoms with Crippen molar-refractivity contribution in [2.75, 3.05) is 0 Å². The van der Waals surface area contributed by atoms with E-state index in [1.54, 1.807) is 72.8 Å². The molecule has 0 N–H and O–H groups in total. The average molecular weight is 1320 g/mol. The summed E-state index contributed by atoms with van der Waals surface area (Å²) in [6.07, 6.45) is 0. The molecule has 0 unspecified atom stereocenters. The highest BCUT2D eigenvalue weighted by molar-refractivity contribution is 9.24. The second-order valence-electron chi connectivity index (χ2n) is 15.6. The number of carbonyl (C=O) groups is 3. The van der Waals surface area contributed by atoms with Crippen molar-refractivity contribution >= 4 is 117 Å². The zero-order valence-electron chi connectivity index (χ0n) is 40.0. The molecule has 0 amide bonds. The molecule has 6 aromatic rings. The van der Waals surface area contributed by atoms with Crippen LogP contribution in [0.2, 0.25) is 0 Å². The van der Waals surface area contributed by atoms with E-state index in [2.05, 4.69) is 0 Å². The molecule has 0 aliphatic rings. The molecule has 0 radical (unpaired) electrons. The Morgan fingerprint density at radius 2 is 0.487 bits per heavy atom. The maximum atomic E-state index is 14.5. The Morgan fingerprint density at radius 1 is 0.325 bits per heavy atom. The molecular weight excluding hydrogens is 1280 g/mol. The van der Waals surface area contributed by atoms with Crippen LogP contribution in [0, 0.1) is 3.91 Å². The van der Waals surface area contributed by atoms with Crippen molar-refractivity contribution in [3.05, 3.63) is 166 Å². The third-order valence-corrected chi connectivity index (χ3v) is 38.3. The van der Waals surface area contributed by atoms with E-state index in [1.165, 1.54) is 129 Å². The molecule has 34 heteroatoms. The third-order valence-electron chi connectivity index (χ3n) is 9.94. The van der Waals surface area contributed by atoms with E-state index in [0.717, 1.165) is 14.7 Å². The molecule has 80 heavy (non-hydrogen) atoms. The van der Waals surface area contributed by atoms with Gasteiger partial charge in [0.15, 0.2) is 46.9 Å². The fourth-order valence-electron chi connectivity index (χ4n) is 6.01. The molecule has 6 aromatic carbocycles. The molecule has 6 rings (SSSR count). The molecule has 0 saturated heterocycles. The lowest BCUT2D eigenvalue weighted by molar-refractivity contribution is -0.0471. The van der Waals surface area contributed by atoms with Crippen LogP contribution < -0.4 is 0 Å². The van der Waals surface area contributed by atoms with E-state index in [0.29, 0.717) is 31.4 Å². The largest absolute Gasteiger partial charge is 0.470 e. The topological polar surface area (TPSA) is 256 Å². The highest BCUT2D eigenvalue weighted by Gasteiger charge is 2.64. The molecule has 0 aliphatic carbocycles. The SMILES string of the molecule is CC(=O)c1ccc(Sc2ccc(S(=O)(=O)[S+](S(=O)(=O)c3ccc(Sc4ccc(C(C)=O)cc4)cc3)S(=O)(=O)c3ccc(Sc4ccc(C(C)=O)cc4)cc3)cc2)cc1.O=S(=O)([C-](S(=O)(=O)C(F)(F)F)S(=O)(=O)C(F)(F)F)C(F)(F)F. The Bertz CT molecular complexity index is 3590. The lowest BCUT2D eigenvalue weighted by Gasteiger charge is -2.31. The average Bonchev–Trinajstić information content (AvgIpc) is 3.33. The Morgan fingerprint density at radius 3 is 0.637 bits per heavy atom. The number of halogens is 9. The zero-order chi connectivity index (χ0) is 60.4. The summed E-state index contributed by atoms with van der Waals surface area (Å²) in [7, 11) is -42.8. The lowest BCUT2D eigenvalue weighted by atomic mass is 10.2. The molecule has 0 aromatic heterocycles. The van der Waals surface area contributed by atoms with Gasteiger partial charge in [-0.1, -0.05) is 71.7 Å². The van der Waals surface area contributed by atoms with E-state index < -0.39 is 99.2 Å². The van der Waals surface area contributed by atoms with Crippen molar-refractivity contribution in [2.45, 2.75) is 81.4 Å². The van der Waals surface area contributed by atoms with Crippen LogP contribution >= 0.6 is 35.3 Å². The number of benzene rings is 6. The van der Waals surface area contributed by atoms with Crippen molar-refractivity contribution < 1.29 is 104 Å². The van der Waals surface area contributed by atoms with Crippen LogP contribution in [0.15, 0.2) is 190 Å². The first-order valence-corrected chi connectivity index (χ1v) is 35.2. The fraction of sp³-hybridized carbons (Fsp3) is 0.130. The summed E-state index contributed by atoms with van der Waals surface area (Å²) in [4.78, 5) is 37.6. The maximum Gasteiger partial charge on any atom is 0.470 e. The minimum atomic E-state index is -8.02. The van der Waals surface area contributed by atoms with Crippen LogP contribution in [0.1, 0.15) is 51.8 Å². The van der Waals surface area contributed by atoms with Crippen molar-refractivity contribution in [1.29, 1.82) is 0 Å². The Labute approximate surface area is 465 Å². The summed E-state index contributed by atoms with van der Waals surface area (Å²) < 4.78 is 254. The summed E-state index contributed by atoms with van der Waals surface area (Å²) >= 11 is 3.82. The number of ketones is 3. The summed E-state index contributed by atoms with van der Waals surface area (Å²) in [5.74, 6) is -0.276. The Balaban J connectivity index is 0.000000452. The van der Waals surface area contributed by atoms with Crippen LogP contribution in [0.4, 0.5) is 39.5 Å². The van der Waals surface area contributed by atoms with Gasteiger partial charge in [0, 0.05) is 46.1 Å². The number of rotatable bonds is 18. The van der Waals surface area contributed by atoms with Gasteiger partial charge in [0.25, 0.3) is 0 Å². The van der Waals surface area contributed by atoms with E-state index in [9.17, 15) is 104 Å². The highest BCUT2D eigenvalue weighted by Crippen LogP contribution is 2.48. The maximum absolute atomic E-state index is 14.5. The predicted molar refractivity (Wildman–Crippen MR) is 278 cm³/mol. The number of carbonyl (C=O) groups excluding carboxylic acids is 3. The monoisotopic (exact) mass is 1320 g/mol. The van der Waals surface area contributed by atoms with Gasteiger partial charge in [0.2, 0.25) is 0 Å². The predicted octanol–water partition coefficient (Wildman–Crippen LogP) is 11.1. The van der Waals surface area contributed by atoms with Crippen LogP contribution in [-0.2, 0) is 64.1 Å². The number of alkyl halides is 9. The van der Waals surface area contributed by atoms with Gasteiger partial charge < -0.3 is 0 Å². The first-order chi connectivity index (χ1) is 36.6. The second kappa shape index (κ2) is 24.3. The number of sulfone groups is 3. The Kier molecular flexibility index (Phi) is 20.0. The highest BCUT2D eigenvalue weighted by atomic mass is 33.9. The normalized spacial score (nSPS) is 13.1. The van der Waals surface area contributed by atoms with Crippen LogP contribution in [0.5, 0.6) is 0 Å². The van der Waals surface area contributed by atoms with Gasteiger partial charge in [-0.05, 0) is 130 Å². The molecule has 0 spiro atoms. The van der Waals surface area contributed by atoms with E-state index in [4.69, 9.17) is 0 Å². The summed E-state index contributed by atoms with van der Waals surface area (Å²) in [5, 5.41) is 0. The zero-order valence-corrected chi connectivity index (χ0v) is 48.1. The van der Waals surface area contributed by atoms with Gasteiger partial charge in [0.05, 0.1) is 3.91 Å². The quantitative estimate of drug-likeness (QED) is 0.0255. The fourth-order valence-corrected chi connectivity index (χ4v) is 31.9. The van der Waals surface area contributed by atoms with Crippen LogP contribution in [0.3, 0.4) is 0 Å². The second-order valence-corrected chi connectivity index (χ2v) is 38.9. The number of hydrogen-bond donors (Lipinski definition) is 0. The lowest BCUT2D eigenvalue weighted by Crippen LogP contribution is -2.47. The third kappa shape index (κ3) is 14.7. The first-order valence-electron chi connectivity index (χ1n) is 21.1. The van der Waals surface area contributed by atoms with Crippen molar-refractivity contribution in [3.63, 3.8) is 0 Å². The molecule has 0 saturated carbocycles. The van der Waals surface area contributed by atoms with E-state index >= 15 is 0 Å². The first kappa shape index (κ1) is 65.6. The van der Waals surface area contributed by atoms with E-state index in [-0.39, 0.29) is 17.3 Å². The minimum Gasteiger partial charge on any atom is -0.295 e. The summed E-state index contributed by atoms with van der Waals surface area (Å²) in [6, 6.07) is 36.3. The van der Waals surface area contributed by atoms with Gasteiger partial charge in [0.1, 0.15) is 14.7 Å². The van der Waals surface area contributed by atoms with E-state index in [1.807, 2.05) is 0 Å². The minimum absolute atomic E-state index is 0.0920. The molecule has 0 heterocycles.